The van der Waals surface area contributed by atoms with Gasteiger partial charge in [-0.2, -0.15) is 8.42 Å². The lowest BCUT2D eigenvalue weighted by Gasteiger charge is -2.16. The van der Waals surface area contributed by atoms with Crippen molar-refractivity contribution in [3.63, 3.8) is 0 Å². The van der Waals surface area contributed by atoms with Gasteiger partial charge in [-0.05, 0) is 35.2 Å². The third-order valence-corrected chi connectivity index (χ3v) is 3.98. The predicted molar refractivity (Wildman–Crippen MR) is 64.6 cm³/mol. The zero-order chi connectivity index (χ0) is 11.9. The summed E-state index contributed by atoms with van der Waals surface area (Å²) in [4.78, 5) is 0.183. The Balaban J connectivity index is 2.63. The molecule has 16 heavy (non-hydrogen) atoms. The molecule has 4 nitrogen and oxygen atoms in total. The molecule has 0 unspecified atom stereocenters. The molecule has 1 aromatic rings. The Morgan fingerprint density at radius 2 is 2.06 bits per heavy atom. The van der Waals surface area contributed by atoms with Gasteiger partial charge in [0.1, 0.15) is 4.90 Å². The third kappa shape index (κ3) is 1.92. The number of nitrogens with zero attached hydrogens (tertiary/aromatic N) is 1. The molecule has 86 valence electrons. The van der Waals surface area contributed by atoms with Crippen LogP contribution < -0.4 is 5.32 Å². The van der Waals surface area contributed by atoms with Crippen LogP contribution in [0, 0.1) is 0 Å². The molecular weight excluding hydrogens is 248 g/mol. The normalized spacial score (nSPS) is 17.6. The van der Waals surface area contributed by atoms with Crippen LogP contribution in [0.2, 0.25) is 0 Å². The molecule has 1 aliphatic heterocycles. The molecule has 2 rings (SSSR count). The average molecular weight is 259 g/mol. The second-order valence-electron chi connectivity index (χ2n) is 3.89. The first-order chi connectivity index (χ1) is 7.40. The lowest BCUT2D eigenvalue weighted by molar-refractivity contribution is 0.597. The number of anilines is 1. The van der Waals surface area contributed by atoms with E-state index in [1.807, 2.05) is 19.9 Å². The van der Waals surface area contributed by atoms with Crippen LogP contribution >= 0.6 is 11.6 Å². The summed E-state index contributed by atoms with van der Waals surface area (Å²) >= 11 is 5.59. The van der Waals surface area contributed by atoms with Crippen molar-refractivity contribution in [2.75, 3.05) is 5.32 Å². The highest BCUT2D eigenvalue weighted by Gasteiger charge is 2.24. The maximum atomic E-state index is 11.7. The largest absolute Gasteiger partial charge is 0.329 e. The van der Waals surface area contributed by atoms with E-state index >= 15 is 0 Å². The van der Waals surface area contributed by atoms with E-state index in [0.29, 0.717) is 5.69 Å². The maximum Gasteiger partial charge on any atom is 0.287 e. The van der Waals surface area contributed by atoms with Gasteiger partial charge in [0.25, 0.3) is 10.0 Å². The van der Waals surface area contributed by atoms with Crippen LogP contribution in [0.25, 0.3) is 0 Å². The summed E-state index contributed by atoms with van der Waals surface area (Å²) in [5.74, 6) is 0.266. The zero-order valence-corrected chi connectivity index (χ0v) is 10.4. The van der Waals surface area contributed by atoms with Crippen LogP contribution in [-0.4, -0.2) is 13.7 Å². The van der Waals surface area contributed by atoms with Gasteiger partial charge in [0.2, 0.25) is 5.29 Å². The average Bonchev–Trinajstić information content (AvgIpc) is 2.15. The van der Waals surface area contributed by atoms with E-state index < -0.39 is 10.0 Å². The van der Waals surface area contributed by atoms with Gasteiger partial charge >= 0.3 is 0 Å². The summed E-state index contributed by atoms with van der Waals surface area (Å²) in [7, 11) is -3.65. The number of halogens is 1. The Bertz CT molecular complexity index is 564. The molecular formula is C10H11ClN2O2S. The first kappa shape index (κ1) is 11.4. The second-order valence-corrected chi connectivity index (χ2v) is 5.82. The van der Waals surface area contributed by atoms with Gasteiger partial charge < -0.3 is 5.32 Å². The van der Waals surface area contributed by atoms with E-state index in [4.69, 9.17) is 11.6 Å². The van der Waals surface area contributed by atoms with Gasteiger partial charge in [0.15, 0.2) is 0 Å². The summed E-state index contributed by atoms with van der Waals surface area (Å²) < 4.78 is 26.9. The molecule has 1 aromatic carbocycles. The number of hydrogen-bond acceptors (Lipinski definition) is 3. The SMILES string of the molecule is CC(C)c1ccc2c(c1)S(=O)(=O)N=C(Cl)N2. The Hall–Kier alpha value is -1.07. The van der Waals surface area contributed by atoms with Crippen LogP contribution in [0.1, 0.15) is 25.3 Å². The van der Waals surface area contributed by atoms with Crippen molar-refractivity contribution < 1.29 is 8.42 Å². The molecule has 1 heterocycles. The number of nitrogens with one attached hydrogen (secondary N) is 1. The number of rotatable bonds is 1. The van der Waals surface area contributed by atoms with E-state index in [1.165, 1.54) is 0 Å². The van der Waals surface area contributed by atoms with Gasteiger partial charge in [-0.25, -0.2) is 0 Å². The number of fused-ring (bicyclic) bond motifs is 1. The van der Waals surface area contributed by atoms with Crippen molar-refractivity contribution in [3.8, 4) is 0 Å². The molecule has 0 bridgehead atoms. The highest BCUT2D eigenvalue weighted by Crippen LogP contribution is 2.30. The van der Waals surface area contributed by atoms with Crippen LogP contribution in [0.5, 0.6) is 0 Å². The van der Waals surface area contributed by atoms with Gasteiger partial charge in [-0.15, -0.1) is 4.40 Å². The molecule has 0 saturated carbocycles. The molecule has 0 spiro atoms. The summed E-state index contributed by atoms with van der Waals surface area (Å²) in [6, 6.07) is 5.22. The molecule has 1 aliphatic rings. The summed E-state index contributed by atoms with van der Waals surface area (Å²) in [5.41, 5.74) is 1.43. The number of amidine groups is 1. The minimum absolute atomic E-state index is 0.121. The molecule has 0 radical (unpaired) electrons. The van der Waals surface area contributed by atoms with Crippen LogP contribution in [-0.2, 0) is 10.0 Å². The first-order valence-electron chi connectivity index (χ1n) is 4.81. The molecule has 0 atom stereocenters. The monoisotopic (exact) mass is 258 g/mol. The van der Waals surface area contributed by atoms with Crippen LogP contribution in [0.4, 0.5) is 5.69 Å². The van der Waals surface area contributed by atoms with Gasteiger partial charge in [-0.3, -0.25) is 0 Å². The van der Waals surface area contributed by atoms with E-state index in [9.17, 15) is 8.42 Å². The smallest absolute Gasteiger partial charge is 0.287 e. The summed E-state index contributed by atoms with van der Waals surface area (Å²) in [6.07, 6.45) is 0. The van der Waals surface area contributed by atoms with Crippen molar-refractivity contribution >= 4 is 32.6 Å². The maximum absolute atomic E-state index is 11.7. The van der Waals surface area contributed by atoms with E-state index in [2.05, 4.69) is 9.71 Å². The molecule has 0 saturated heterocycles. The minimum atomic E-state index is -3.65. The lowest BCUT2D eigenvalue weighted by atomic mass is 10.0. The predicted octanol–water partition coefficient (Wildman–Crippen LogP) is 2.52. The Morgan fingerprint density at radius 3 is 2.69 bits per heavy atom. The van der Waals surface area contributed by atoms with E-state index in [-0.39, 0.29) is 16.1 Å². The van der Waals surface area contributed by atoms with Crippen LogP contribution in [0.15, 0.2) is 27.5 Å². The Kier molecular flexibility index (Phi) is 2.67. The van der Waals surface area contributed by atoms with Crippen molar-refractivity contribution in [1.29, 1.82) is 0 Å². The molecule has 1 N–H and O–H groups in total. The Morgan fingerprint density at radius 1 is 1.38 bits per heavy atom. The molecule has 0 aliphatic carbocycles. The lowest BCUT2D eigenvalue weighted by Crippen LogP contribution is -2.17. The van der Waals surface area contributed by atoms with E-state index in [1.54, 1.807) is 12.1 Å². The second kappa shape index (κ2) is 3.75. The van der Waals surface area contributed by atoms with Gasteiger partial charge in [0.05, 0.1) is 5.69 Å². The fourth-order valence-electron chi connectivity index (χ4n) is 1.50. The van der Waals surface area contributed by atoms with Gasteiger partial charge in [-0.1, -0.05) is 19.9 Å². The van der Waals surface area contributed by atoms with Crippen molar-refractivity contribution in [2.45, 2.75) is 24.7 Å². The van der Waals surface area contributed by atoms with Crippen molar-refractivity contribution in [2.24, 2.45) is 4.40 Å². The summed E-state index contributed by atoms with van der Waals surface area (Å²) in [5, 5.41) is 2.60. The molecule has 6 heteroatoms. The number of benzene rings is 1. The Labute approximate surface area is 99.4 Å². The van der Waals surface area contributed by atoms with Crippen LogP contribution in [0.3, 0.4) is 0 Å². The molecule has 0 fully saturated rings. The fraction of sp³-hybridized carbons (Fsp3) is 0.300. The van der Waals surface area contributed by atoms with Crippen molar-refractivity contribution in [3.05, 3.63) is 23.8 Å². The highest BCUT2D eigenvalue weighted by molar-refractivity contribution is 7.90. The number of sulfonamides is 1. The summed E-state index contributed by atoms with van der Waals surface area (Å²) in [6.45, 7) is 4.00. The fourth-order valence-corrected chi connectivity index (χ4v) is 2.91. The third-order valence-electron chi connectivity index (χ3n) is 2.39. The minimum Gasteiger partial charge on any atom is -0.329 e. The molecule has 0 amide bonds. The molecule has 0 aromatic heterocycles. The van der Waals surface area contributed by atoms with Crippen molar-refractivity contribution in [1.82, 2.24) is 0 Å². The standard InChI is InChI=1S/C10H11ClN2O2S/c1-6(2)7-3-4-8-9(5-7)16(14,15)13-10(11)12-8/h3-6H,1-2H3,(H,12,13). The van der Waals surface area contributed by atoms with E-state index in [0.717, 1.165) is 5.56 Å². The zero-order valence-electron chi connectivity index (χ0n) is 8.86. The number of hydrogen-bond donors (Lipinski definition) is 1. The highest BCUT2D eigenvalue weighted by atomic mass is 35.5. The topological polar surface area (TPSA) is 58.5 Å². The quantitative estimate of drug-likeness (QED) is 0.788. The van der Waals surface area contributed by atoms with Gasteiger partial charge in [0, 0.05) is 0 Å². The first-order valence-corrected chi connectivity index (χ1v) is 6.63.